The molecule has 1 fully saturated rings. The fourth-order valence-corrected chi connectivity index (χ4v) is 2.92. The predicted octanol–water partition coefficient (Wildman–Crippen LogP) is 1.47. The van der Waals surface area contributed by atoms with Crippen LogP contribution in [0.1, 0.15) is 26.7 Å². The first-order chi connectivity index (χ1) is 10.6. The molecule has 1 atom stereocenters. The molecule has 22 heavy (non-hydrogen) atoms. The van der Waals surface area contributed by atoms with Crippen LogP contribution in [0.15, 0.2) is 30.6 Å². The smallest absolute Gasteiger partial charge is 0.241 e. The van der Waals surface area contributed by atoms with Crippen molar-refractivity contribution in [1.29, 1.82) is 0 Å². The number of carbonyl (C=O) groups is 1. The Morgan fingerprint density at radius 2 is 2.27 bits per heavy atom. The average Bonchev–Trinajstić information content (AvgIpc) is 3.19. The highest BCUT2D eigenvalue weighted by Crippen LogP contribution is 2.22. The number of aromatic nitrogens is 4. The van der Waals surface area contributed by atoms with Gasteiger partial charge in [-0.3, -0.25) is 9.69 Å². The minimum absolute atomic E-state index is 0.0447. The Morgan fingerprint density at radius 1 is 1.41 bits per heavy atom. The lowest BCUT2D eigenvalue weighted by atomic mass is 10.1. The maximum Gasteiger partial charge on any atom is 0.241 e. The summed E-state index contributed by atoms with van der Waals surface area (Å²) in [4.78, 5) is 14.8. The van der Waals surface area contributed by atoms with Gasteiger partial charge in [0.1, 0.15) is 6.33 Å². The van der Waals surface area contributed by atoms with Crippen molar-refractivity contribution in [3.63, 3.8) is 0 Å². The highest BCUT2D eigenvalue weighted by Gasteiger charge is 2.32. The summed E-state index contributed by atoms with van der Waals surface area (Å²) in [6.07, 6.45) is 3.51. The third-order valence-corrected chi connectivity index (χ3v) is 3.99. The molecule has 116 valence electrons. The third-order valence-electron chi connectivity index (χ3n) is 3.99. The standard InChI is InChI=1S/C15H20N6O/c1-11(2)20-8-4-7-14(20)15(22)17-12-5-3-6-13(9-12)21-10-16-18-19-21/h3,5-6,9-11,14H,4,7-8H2,1-2H3,(H,17,22). The zero-order chi connectivity index (χ0) is 15.5. The monoisotopic (exact) mass is 300 g/mol. The molecule has 0 bridgehead atoms. The molecule has 1 aromatic heterocycles. The van der Waals surface area contributed by atoms with Crippen LogP contribution in [0.4, 0.5) is 5.69 Å². The van der Waals surface area contributed by atoms with E-state index in [1.165, 1.54) is 6.33 Å². The molecule has 1 N–H and O–H groups in total. The lowest BCUT2D eigenvalue weighted by Crippen LogP contribution is -2.43. The summed E-state index contributed by atoms with van der Waals surface area (Å²) >= 11 is 0. The molecule has 1 aliphatic heterocycles. The van der Waals surface area contributed by atoms with Crippen LogP contribution in [0.25, 0.3) is 5.69 Å². The van der Waals surface area contributed by atoms with E-state index in [2.05, 4.69) is 39.6 Å². The van der Waals surface area contributed by atoms with Crippen molar-refractivity contribution in [2.45, 2.75) is 38.8 Å². The molecule has 7 nitrogen and oxygen atoms in total. The van der Waals surface area contributed by atoms with Crippen molar-refractivity contribution < 1.29 is 4.79 Å². The van der Waals surface area contributed by atoms with Crippen LogP contribution in [0.5, 0.6) is 0 Å². The number of nitrogens with zero attached hydrogens (tertiary/aromatic N) is 5. The van der Waals surface area contributed by atoms with Gasteiger partial charge in [-0.1, -0.05) is 6.07 Å². The number of benzene rings is 1. The summed E-state index contributed by atoms with van der Waals surface area (Å²) in [7, 11) is 0. The van der Waals surface area contributed by atoms with E-state index in [0.717, 1.165) is 30.8 Å². The minimum Gasteiger partial charge on any atom is -0.325 e. The van der Waals surface area contributed by atoms with Gasteiger partial charge in [-0.2, -0.15) is 0 Å². The van der Waals surface area contributed by atoms with E-state index in [-0.39, 0.29) is 11.9 Å². The van der Waals surface area contributed by atoms with Gasteiger partial charge in [0.2, 0.25) is 5.91 Å². The molecule has 2 heterocycles. The first-order valence-electron chi connectivity index (χ1n) is 7.55. The van der Waals surface area contributed by atoms with Gasteiger partial charge in [-0.15, -0.1) is 5.10 Å². The molecule has 1 amide bonds. The Hall–Kier alpha value is -2.28. The number of likely N-dealkylation sites (tertiary alicyclic amines) is 1. The van der Waals surface area contributed by atoms with E-state index in [4.69, 9.17) is 0 Å². The van der Waals surface area contributed by atoms with Crippen LogP contribution in [-0.4, -0.2) is 49.6 Å². The molecule has 1 aliphatic rings. The molecule has 1 aromatic carbocycles. The molecular formula is C15H20N6O. The molecule has 0 saturated carbocycles. The summed E-state index contributed by atoms with van der Waals surface area (Å²) in [5.41, 5.74) is 1.57. The number of hydrogen-bond acceptors (Lipinski definition) is 5. The van der Waals surface area contributed by atoms with Crippen LogP contribution < -0.4 is 5.32 Å². The lowest BCUT2D eigenvalue weighted by molar-refractivity contribution is -0.120. The molecule has 1 unspecified atom stereocenters. The highest BCUT2D eigenvalue weighted by atomic mass is 16.2. The summed E-state index contributed by atoms with van der Waals surface area (Å²) in [6.45, 7) is 5.24. The lowest BCUT2D eigenvalue weighted by Gasteiger charge is -2.27. The average molecular weight is 300 g/mol. The fourth-order valence-electron chi connectivity index (χ4n) is 2.92. The van der Waals surface area contributed by atoms with E-state index in [0.29, 0.717) is 6.04 Å². The van der Waals surface area contributed by atoms with E-state index in [9.17, 15) is 4.79 Å². The van der Waals surface area contributed by atoms with Crippen LogP contribution in [0.2, 0.25) is 0 Å². The van der Waals surface area contributed by atoms with Crippen molar-refractivity contribution in [2.75, 3.05) is 11.9 Å². The molecule has 0 aliphatic carbocycles. The van der Waals surface area contributed by atoms with Gasteiger partial charge in [0.25, 0.3) is 0 Å². The maximum atomic E-state index is 12.5. The summed E-state index contributed by atoms with van der Waals surface area (Å²) in [6, 6.07) is 7.84. The zero-order valence-corrected chi connectivity index (χ0v) is 12.8. The number of rotatable bonds is 4. The van der Waals surface area contributed by atoms with Gasteiger partial charge in [-0.05, 0) is 61.9 Å². The molecule has 3 rings (SSSR count). The van der Waals surface area contributed by atoms with Gasteiger partial charge >= 0.3 is 0 Å². The van der Waals surface area contributed by atoms with Gasteiger partial charge in [0, 0.05) is 11.7 Å². The van der Waals surface area contributed by atoms with Gasteiger partial charge in [-0.25, -0.2) is 4.68 Å². The Kier molecular flexibility index (Phi) is 4.15. The summed E-state index contributed by atoms with van der Waals surface area (Å²) < 4.78 is 1.56. The van der Waals surface area contributed by atoms with Gasteiger partial charge in [0.15, 0.2) is 0 Å². The maximum absolute atomic E-state index is 12.5. The summed E-state index contributed by atoms with van der Waals surface area (Å²) in [5.74, 6) is 0.0556. The molecule has 2 aromatic rings. The van der Waals surface area contributed by atoms with Crippen molar-refractivity contribution in [3.05, 3.63) is 30.6 Å². The van der Waals surface area contributed by atoms with Gasteiger partial charge in [0.05, 0.1) is 11.7 Å². The van der Waals surface area contributed by atoms with Crippen molar-refractivity contribution >= 4 is 11.6 Å². The predicted molar refractivity (Wildman–Crippen MR) is 82.6 cm³/mol. The number of carbonyl (C=O) groups excluding carboxylic acids is 1. The SMILES string of the molecule is CC(C)N1CCCC1C(=O)Nc1cccc(-n2cnnn2)c1. The topological polar surface area (TPSA) is 75.9 Å². The largest absolute Gasteiger partial charge is 0.325 e. The van der Waals surface area contributed by atoms with Crippen molar-refractivity contribution in [2.24, 2.45) is 0 Å². The van der Waals surface area contributed by atoms with E-state index in [1.54, 1.807) is 4.68 Å². The third kappa shape index (κ3) is 2.99. The first-order valence-corrected chi connectivity index (χ1v) is 7.55. The Morgan fingerprint density at radius 3 is 3.00 bits per heavy atom. The zero-order valence-electron chi connectivity index (χ0n) is 12.8. The second-order valence-electron chi connectivity index (χ2n) is 5.78. The van der Waals surface area contributed by atoms with Crippen LogP contribution in [0.3, 0.4) is 0 Å². The minimum atomic E-state index is -0.0447. The van der Waals surface area contributed by atoms with Crippen LogP contribution in [-0.2, 0) is 4.79 Å². The van der Waals surface area contributed by atoms with E-state index >= 15 is 0 Å². The normalized spacial score (nSPS) is 18.8. The number of tetrazole rings is 1. The van der Waals surface area contributed by atoms with Crippen molar-refractivity contribution in [1.82, 2.24) is 25.1 Å². The Balaban J connectivity index is 1.73. The number of hydrogen-bond donors (Lipinski definition) is 1. The quantitative estimate of drug-likeness (QED) is 0.925. The van der Waals surface area contributed by atoms with E-state index in [1.807, 2.05) is 24.3 Å². The molecule has 0 radical (unpaired) electrons. The second-order valence-corrected chi connectivity index (χ2v) is 5.78. The molecular weight excluding hydrogens is 280 g/mol. The van der Waals surface area contributed by atoms with Gasteiger partial charge < -0.3 is 5.32 Å². The van der Waals surface area contributed by atoms with Crippen LogP contribution in [0, 0.1) is 0 Å². The van der Waals surface area contributed by atoms with Crippen molar-refractivity contribution in [3.8, 4) is 5.69 Å². The highest BCUT2D eigenvalue weighted by molar-refractivity contribution is 5.95. The number of nitrogens with one attached hydrogen (secondary N) is 1. The molecule has 7 heteroatoms. The van der Waals surface area contributed by atoms with E-state index < -0.39 is 0 Å². The Labute approximate surface area is 129 Å². The summed E-state index contributed by atoms with van der Waals surface area (Å²) in [5, 5.41) is 14.1. The molecule has 0 spiro atoms. The first kappa shape index (κ1) is 14.6. The molecule has 1 saturated heterocycles. The Bertz CT molecular complexity index is 639. The fraction of sp³-hybridized carbons (Fsp3) is 0.467. The van der Waals surface area contributed by atoms with Crippen LogP contribution >= 0.6 is 0 Å². The number of amides is 1. The number of anilines is 1. The second kappa shape index (κ2) is 6.23.